The molecule has 0 unspecified atom stereocenters. The maximum absolute atomic E-state index is 11.5. The van der Waals surface area contributed by atoms with Crippen LogP contribution in [0.2, 0.25) is 18.1 Å². The Morgan fingerprint density at radius 2 is 2.05 bits per heavy atom. The van der Waals surface area contributed by atoms with Gasteiger partial charge in [-0.15, -0.1) is 0 Å². The molecule has 2 rings (SSSR count). The number of rotatable bonds is 4. The van der Waals surface area contributed by atoms with E-state index in [-0.39, 0.29) is 17.4 Å². The molecule has 2 fully saturated rings. The molecule has 7 heteroatoms. The number of aliphatic hydroxyl groups is 2. The molecule has 2 aliphatic rings. The molecule has 0 radical (unpaired) electrons. The van der Waals surface area contributed by atoms with Crippen molar-refractivity contribution in [1.29, 1.82) is 0 Å². The van der Waals surface area contributed by atoms with Gasteiger partial charge in [0.15, 0.2) is 14.4 Å². The second-order valence-corrected chi connectivity index (χ2v) is 12.1. The van der Waals surface area contributed by atoms with Gasteiger partial charge in [-0.25, -0.2) is 0 Å². The van der Waals surface area contributed by atoms with Gasteiger partial charge in [0.25, 0.3) is 0 Å². The maximum atomic E-state index is 11.5. The number of fused-ring (bicyclic) bond motifs is 1. The zero-order valence-electron chi connectivity index (χ0n) is 13.3. The van der Waals surface area contributed by atoms with Crippen LogP contribution in [0.1, 0.15) is 27.2 Å². The Morgan fingerprint density at radius 3 is 2.57 bits per heavy atom. The Bertz CT molecular complexity index is 405. The lowest BCUT2D eigenvalue weighted by molar-refractivity contribution is -0.147. The highest BCUT2D eigenvalue weighted by Gasteiger charge is 2.56. The third-order valence-electron chi connectivity index (χ3n) is 4.78. The summed E-state index contributed by atoms with van der Waals surface area (Å²) < 4.78 is 17.4. The molecule has 2 saturated heterocycles. The number of esters is 1. The number of aliphatic hydroxyl groups excluding tert-OH is 2. The van der Waals surface area contributed by atoms with Crippen LogP contribution in [0.15, 0.2) is 0 Å². The maximum Gasteiger partial charge on any atom is 0.309 e. The lowest BCUT2D eigenvalue weighted by Crippen LogP contribution is -2.52. The second-order valence-electron chi connectivity index (χ2n) is 7.39. The molecule has 0 bridgehead atoms. The van der Waals surface area contributed by atoms with Gasteiger partial charge in [-0.3, -0.25) is 4.79 Å². The lowest BCUT2D eigenvalue weighted by Gasteiger charge is -2.40. The summed E-state index contributed by atoms with van der Waals surface area (Å²) >= 11 is 0. The lowest BCUT2D eigenvalue weighted by atomic mass is 10.0. The minimum Gasteiger partial charge on any atom is -0.457 e. The highest BCUT2D eigenvalue weighted by atomic mass is 28.4. The summed E-state index contributed by atoms with van der Waals surface area (Å²) in [5.41, 5.74) is 0. The number of hydrogen-bond acceptors (Lipinski definition) is 6. The highest BCUT2D eigenvalue weighted by molar-refractivity contribution is 6.74. The Hall–Kier alpha value is -0.473. The fraction of sp³-hybridized carbons (Fsp3) is 0.929. The average Bonchev–Trinajstić information content (AvgIpc) is 2.85. The van der Waals surface area contributed by atoms with Crippen molar-refractivity contribution in [1.82, 2.24) is 0 Å². The molecule has 2 heterocycles. The van der Waals surface area contributed by atoms with Crippen molar-refractivity contribution in [3.05, 3.63) is 0 Å². The molecule has 5 atom stereocenters. The van der Waals surface area contributed by atoms with Gasteiger partial charge in [0.2, 0.25) is 0 Å². The standard InChI is InChI=1S/C14H26O6Si/c1-14(2,3)21(4,5)20-13-11(8(16)7-15)18-9-6-10(17)19-12(9)13/h8-9,11-13,15-16H,6-7H2,1-5H3/t8-,9-,11-,12+,13+/m1/s1. The van der Waals surface area contributed by atoms with E-state index >= 15 is 0 Å². The van der Waals surface area contributed by atoms with Crippen LogP contribution in [-0.2, 0) is 18.7 Å². The molecule has 2 aliphatic heterocycles. The zero-order chi connectivity index (χ0) is 16.0. The molecule has 0 aromatic heterocycles. The van der Waals surface area contributed by atoms with Crippen molar-refractivity contribution in [3.63, 3.8) is 0 Å². The third kappa shape index (κ3) is 3.17. The molecule has 0 amide bonds. The number of hydrogen-bond donors (Lipinski definition) is 2. The first-order valence-electron chi connectivity index (χ1n) is 7.38. The van der Waals surface area contributed by atoms with E-state index in [2.05, 4.69) is 33.9 Å². The SMILES string of the molecule is CC(C)(C)[Si](C)(C)O[C@@H]1[C@H]2OC(=O)C[C@H]2O[C@@H]1[C@H](O)CO. The van der Waals surface area contributed by atoms with Crippen LogP contribution >= 0.6 is 0 Å². The minimum atomic E-state index is -2.12. The van der Waals surface area contributed by atoms with Crippen molar-refractivity contribution in [2.75, 3.05) is 6.61 Å². The molecular weight excluding hydrogens is 292 g/mol. The van der Waals surface area contributed by atoms with E-state index in [9.17, 15) is 15.0 Å². The Labute approximate surface area is 126 Å². The van der Waals surface area contributed by atoms with Gasteiger partial charge in [0.05, 0.1) is 13.0 Å². The van der Waals surface area contributed by atoms with Crippen molar-refractivity contribution in [3.8, 4) is 0 Å². The first-order chi connectivity index (χ1) is 9.56. The van der Waals surface area contributed by atoms with Gasteiger partial charge in [-0.05, 0) is 18.1 Å². The molecule has 0 spiro atoms. The van der Waals surface area contributed by atoms with E-state index < -0.39 is 45.4 Å². The van der Waals surface area contributed by atoms with Crippen molar-refractivity contribution < 1.29 is 28.9 Å². The third-order valence-corrected chi connectivity index (χ3v) is 9.26. The van der Waals surface area contributed by atoms with Crippen LogP contribution in [-0.4, -0.2) is 61.6 Å². The van der Waals surface area contributed by atoms with E-state index in [0.717, 1.165) is 0 Å². The molecule has 0 aromatic carbocycles. The van der Waals surface area contributed by atoms with E-state index in [1.807, 2.05) is 0 Å². The molecule has 0 aromatic rings. The van der Waals surface area contributed by atoms with Gasteiger partial charge in [-0.2, -0.15) is 0 Å². The predicted molar refractivity (Wildman–Crippen MR) is 78.3 cm³/mol. The molecule has 2 N–H and O–H groups in total. The number of ether oxygens (including phenoxy) is 2. The van der Waals surface area contributed by atoms with Gasteiger partial charge in [-0.1, -0.05) is 20.8 Å². The van der Waals surface area contributed by atoms with E-state index in [4.69, 9.17) is 13.9 Å². The summed E-state index contributed by atoms with van der Waals surface area (Å²) in [6.45, 7) is 10.1. The highest BCUT2D eigenvalue weighted by Crippen LogP contribution is 2.42. The second kappa shape index (κ2) is 5.62. The van der Waals surface area contributed by atoms with Gasteiger partial charge >= 0.3 is 5.97 Å². The Kier molecular flexibility index (Phi) is 4.52. The summed E-state index contributed by atoms with van der Waals surface area (Å²) in [5, 5.41) is 19.2. The first-order valence-corrected chi connectivity index (χ1v) is 10.3. The number of carbonyl (C=O) groups is 1. The summed E-state index contributed by atoms with van der Waals surface area (Å²) in [6.07, 6.45) is -2.92. The van der Waals surface area contributed by atoms with Crippen LogP contribution in [0.3, 0.4) is 0 Å². The van der Waals surface area contributed by atoms with Crippen LogP contribution in [0.5, 0.6) is 0 Å². The molecule has 0 saturated carbocycles. The van der Waals surface area contributed by atoms with Crippen LogP contribution in [0.25, 0.3) is 0 Å². The minimum absolute atomic E-state index is 0.0115. The average molecular weight is 318 g/mol. The first kappa shape index (κ1) is 16.9. The molecule has 21 heavy (non-hydrogen) atoms. The van der Waals surface area contributed by atoms with Crippen molar-refractivity contribution in [2.45, 2.75) is 75.8 Å². The molecule has 6 nitrogen and oxygen atoms in total. The van der Waals surface area contributed by atoms with E-state index in [1.165, 1.54) is 0 Å². The van der Waals surface area contributed by atoms with Crippen molar-refractivity contribution >= 4 is 14.3 Å². The van der Waals surface area contributed by atoms with Crippen LogP contribution in [0.4, 0.5) is 0 Å². The van der Waals surface area contributed by atoms with Crippen LogP contribution in [0, 0.1) is 0 Å². The van der Waals surface area contributed by atoms with E-state index in [0.29, 0.717) is 0 Å². The summed E-state index contributed by atoms with van der Waals surface area (Å²) in [7, 11) is -2.12. The summed E-state index contributed by atoms with van der Waals surface area (Å²) in [6, 6.07) is 0. The van der Waals surface area contributed by atoms with Gasteiger partial charge in [0, 0.05) is 0 Å². The molecule has 0 aliphatic carbocycles. The fourth-order valence-electron chi connectivity index (χ4n) is 2.49. The normalized spacial score (nSPS) is 34.7. The Balaban J connectivity index is 2.21. The summed E-state index contributed by atoms with van der Waals surface area (Å²) in [5.74, 6) is -0.300. The van der Waals surface area contributed by atoms with Crippen LogP contribution < -0.4 is 0 Å². The van der Waals surface area contributed by atoms with Gasteiger partial charge < -0.3 is 24.1 Å². The Morgan fingerprint density at radius 1 is 1.43 bits per heavy atom. The predicted octanol–water partition coefficient (Wildman–Crippen LogP) is 0.813. The van der Waals surface area contributed by atoms with Crippen molar-refractivity contribution in [2.24, 2.45) is 0 Å². The quantitative estimate of drug-likeness (QED) is 0.589. The smallest absolute Gasteiger partial charge is 0.309 e. The fourth-order valence-corrected chi connectivity index (χ4v) is 3.79. The largest absolute Gasteiger partial charge is 0.457 e. The van der Waals surface area contributed by atoms with Gasteiger partial charge in [0.1, 0.15) is 24.4 Å². The topological polar surface area (TPSA) is 85.2 Å². The zero-order valence-corrected chi connectivity index (χ0v) is 14.3. The van der Waals surface area contributed by atoms with E-state index in [1.54, 1.807) is 0 Å². The molecular formula is C14H26O6Si. The summed E-state index contributed by atoms with van der Waals surface area (Å²) in [4.78, 5) is 11.5. The number of carbonyl (C=O) groups excluding carboxylic acids is 1. The molecule has 122 valence electrons. The monoisotopic (exact) mass is 318 g/mol.